The van der Waals surface area contributed by atoms with Crippen molar-refractivity contribution in [2.75, 3.05) is 23.8 Å². The zero-order valence-corrected chi connectivity index (χ0v) is 12.1. The third kappa shape index (κ3) is 3.03. The van der Waals surface area contributed by atoms with Crippen LogP contribution in [0.1, 0.15) is 22.8 Å². The highest BCUT2D eigenvalue weighted by atomic mass is 16.2. The number of benzene rings is 2. The summed E-state index contributed by atoms with van der Waals surface area (Å²) in [6.45, 7) is 2.72. The van der Waals surface area contributed by atoms with Crippen LogP contribution >= 0.6 is 0 Å². The van der Waals surface area contributed by atoms with E-state index in [1.54, 1.807) is 31.3 Å². The Bertz CT molecular complexity index is 688. The number of nitriles is 1. The van der Waals surface area contributed by atoms with Crippen LogP contribution in [0, 0.1) is 11.3 Å². The number of hydrogen-bond donors (Lipinski definition) is 1. The largest absolute Gasteiger partial charge is 0.385 e. The number of anilines is 2. The Balaban J connectivity index is 2.38. The number of nitrogens with one attached hydrogen (secondary N) is 1. The van der Waals surface area contributed by atoms with Crippen molar-refractivity contribution in [3.8, 4) is 6.07 Å². The Hall–Kier alpha value is -2.80. The van der Waals surface area contributed by atoms with Crippen LogP contribution in [0.15, 0.2) is 48.5 Å². The average molecular weight is 279 g/mol. The summed E-state index contributed by atoms with van der Waals surface area (Å²) in [5, 5.41) is 12.3. The molecule has 0 aromatic heterocycles. The number of rotatable bonds is 4. The van der Waals surface area contributed by atoms with Gasteiger partial charge in [0.1, 0.15) is 6.07 Å². The number of carbonyl (C=O) groups is 1. The van der Waals surface area contributed by atoms with Gasteiger partial charge < -0.3 is 10.2 Å². The Morgan fingerprint density at radius 3 is 2.57 bits per heavy atom. The average Bonchev–Trinajstić information content (AvgIpc) is 2.54. The van der Waals surface area contributed by atoms with Gasteiger partial charge in [0.05, 0.1) is 16.8 Å². The van der Waals surface area contributed by atoms with Crippen molar-refractivity contribution < 1.29 is 4.79 Å². The number of carbonyl (C=O) groups excluding carboxylic acids is 1. The van der Waals surface area contributed by atoms with Gasteiger partial charge in [0, 0.05) is 19.3 Å². The van der Waals surface area contributed by atoms with Gasteiger partial charge in [0.2, 0.25) is 0 Å². The molecule has 4 heteroatoms. The lowest BCUT2D eigenvalue weighted by Crippen LogP contribution is -2.27. The molecule has 106 valence electrons. The molecule has 0 fully saturated rings. The van der Waals surface area contributed by atoms with Gasteiger partial charge in [0.25, 0.3) is 5.91 Å². The highest BCUT2D eigenvalue weighted by Gasteiger charge is 2.18. The van der Waals surface area contributed by atoms with Crippen molar-refractivity contribution in [3.05, 3.63) is 59.7 Å². The highest BCUT2D eigenvalue weighted by Crippen LogP contribution is 2.23. The second-order valence-electron chi connectivity index (χ2n) is 4.57. The maximum Gasteiger partial charge on any atom is 0.260 e. The van der Waals surface area contributed by atoms with Gasteiger partial charge in [-0.05, 0) is 31.2 Å². The van der Waals surface area contributed by atoms with Crippen LogP contribution in [0.2, 0.25) is 0 Å². The normalized spacial score (nSPS) is 9.76. The van der Waals surface area contributed by atoms with Gasteiger partial charge in [-0.3, -0.25) is 4.79 Å². The van der Waals surface area contributed by atoms with Crippen molar-refractivity contribution in [2.24, 2.45) is 0 Å². The molecule has 0 aliphatic carbocycles. The first kappa shape index (κ1) is 14.6. The van der Waals surface area contributed by atoms with E-state index in [4.69, 9.17) is 5.26 Å². The number of hydrogen-bond acceptors (Lipinski definition) is 3. The van der Waals surface area contributed by atoms with Crippen LogP contribution < -0.4 is 10.2 Å². The molecule has 2 aromatic rings. The zero-order chi connectivity index (χ0) is 15.2. The third-order valence-electron chi connectivity index (χ3n) is 3.22. The van der Waals surface area contributed by atoms with Crippen LogP contribution in [-0.4, -0.2) is 19.5 Å². The summed E-state index contributed by atoms with van der Waals surface area (Å²) in [5.41, 5.74) is 2.48. The van der Waals surface area contributed by atoms with Gasteiger partial charge in [-0.2, -0.15) is 5.26 Å². The Kier molecular flexibility index (Phi) is 4.57. The summed E-state index contributed by atoms with van der Waals surface area (Å²) < 4.78 is 0. The molecule has 0 heterocycles. The molecule has 4 nitrogen and oxygen atoms in total. The van der Waals surface area contributed by atoms with E-state index in [0.29, 0.717) is 16.8 Å². The van der Waals surface area contributed by atoms with Gasteiger partial charge in [-0.1, -0.05) is 24.3 Å². The summed E-state index contributed by atoms with van der Waals surface area (Å²) in [6, 6.07) is 16.6. The van der Waals surface area contributed by atoms with Gasteiger partial charge >= 0.3 is 0 Å². The minimum atomic E-state index is -0.144. The first-order chi connectivity index (χ1) is 10.2. The first-order valence-corrected chi connectivity index (χ1v) is 6.79. The summed E-state index contributed by atoms with van der Waals surface area (Å²) in [5.74, 6) is -0.144. The molecule has 0 radical (unpaired) electrons. The molecule has 0 atom stereocenters. The maximum atomic E-state index is 12.7. The van der Waals surface area contributed by atoms with Crippen molar-refractivity contribution in [1.29, 1.82) is 5.26 Å². The van der Waals surface area contributed by atoms with Crippen LogP contribution in [0.3, 0.4) is 0 Å². The van der Waals surface area contributed by atoms with E-state index >= 15 is 0 Å². The molecule has 1 N–H and O–H groups in total. The monoisotopic (exact) mass is 279 g/mol. The Morgan fingerprint density at radius 2 is 1.86 bits per heavy atom. The molecule has 21 heavy (non-hydrogen) atoms. The molecule has 0 aliphatic heterocycles. The minimum absolute atomic E-state index is 0.144. The molecule has 2 aromatic carbocycles. The second-order valence-corrected chi connectivity index (χ2v) is 4.57. The van der Waals surface area contributed by atoms with E-state index in [1.807, 2.05) is 31.2 Å². The fourth-order valence-electron chi connectivity index (χ4n) is 2.16. The lowest BCUT2D eigenvalue weighted by atomic mass is 10.1. The van der Waals surface area contributed by atoms with E-state index < -0.39 is 0 Å². The van der Waals surface area contributed by atoms with Crippen molar-refractivity contribution in [3.63, 3.8) is 0 Å². The topological polar surface area (TPSA) is 56.1 Å². The van der Waals surface area contributed by atoms with E-state index in [9.17, 15) is 4.79 Å². The van der Waals surface area contributed by atoms with Gasteiger partial charge in [0.15, 0.2) is 0 Å². The molecule has 0 spiro atoms. The quantitative estimate of drug-likeness (QED) is 0.934. The Morgan fingerprint density at radius 1 is 1.19 bits per heavy atom. The number of para-hydroxylation sites is 2. The minimum Gasteiger partial charge on any atom is -0.385 e. The van der Waals surface area contributed by atoms with E-state index in [0.717, 1.165) is 12.2 Å². The Labute approximate surface area is 124 Å². The second kappa shape index (κ2) is 6.58. The van der Waals surface area contributed by atoms with Crippen LogP contribution in [0.25, 0.3) is 0 Å². The van der Waals surface area contributed by atoms with E-state index in [1.165, 1.54) is 4.90 Å². The predicted octanol–water partition coefficient (Wildman–Crippen LogP) is 3.27. The van der Waals surface area contributed by atoms with Crippen molar-refractivity contribution >= 4 is 17.3 Å². The molecule has 0 bridgehead atoms. The number of amides is 1. The fourth-order valence-corrected chi connectivity index (χ4v) is 2.16. The predicted molar refractivity (Wildman–Crippen MR) is 84.5 cm³/mol. The molecular weight excluding hydrogens is 262 g/mol. The van der Waals surface area contributed by atoms with Crippen LogP contribution in [-0.2, 0) is 0 Å². The van der Waals surface area contributed by atoms with E-state index in [2.05, 4.69) is 11.4 Å². The summed E-state index contributed by atoms with van der Waals surface area (Å²) >= 11 is 0. The number of nitrogens with zero attached hydrogens (tertiary/aromatic N) is 2. The van der Waals surface area contributed by atoms with Crippen molar-refractivity contribution in [1.82, 2.24) is 0 Å². The van der Waals surface area contributed by atoms with Gasteiger partial charge in [-0.15, -0.1) is 0 Å². The van der Waals surface area contributed by atoms with Crippen LogP contribution in [0.5, 0.6) is 0 Å². The van der Waals surface area contributed by atoms with Gasteiger partial charge in [-0.25, -0.2) is 0 Å². The smallest absolute Gasteiger partial charge is 0.260 e. The molecule has 2 rings (SSSR count). The molecule has 0 aliphatic rings. The van der Waals surface area contributed by atoms with Crippen LogP contribution in [0.4, 0.5) is 11.4 Å². The van der Waals surface area contributed by atoms with E-state index in [-0.39, 0.29) is 5.91 Å². The molecule has 1 amide bonds. The third-order valence-corrected chi connectivity index (χ3v) is 3.22. The highest BCUT2D eigenvalue weighted by molar-refractivity contribution is 6.09. The summed E-state index contributed by atoms with van der Waals surface area (Å²) in [7, 11) is 1.68. The lowest BCUT2D eigenvalue weighted by molar-refractivity contribution is 0.0993. The zero-order valence-electron chi connectivity index (χ0n) is 12.1. The molecule has 0 unspecified atom stereocenters. The SMILES string of the molecule is CCNc1ccccc1C(=O)N(C)c1ccccc1C#N. The lowest BCUT2D eigenvalue weighted by Gasteiger charge is -2.20. The summed E-state index contributed by atoms with van der Waals surface area (Å²) in [4.78, 5) is 14.2. The summed E-state index contributed by atoms with van der Waals surface area (Å²) in [6.07, 6.45) is 0. The standard InChI is InChI=1S/C17H17N3O/c1-3-19-15-10-6-5-9-14(15)17(21)20(2)16-11-7-4-8-13(16)12-18/h4-11,19H,3H2,1-2H3. The molecular formula is C17H17N3O. The fraction of sp³-hybridized carbons (Fsp3) is 0.176. The molecule has 0 saturated heterocycles. The maximum absolute atomic E-state index is 12.7. The first-order valence-electron chi connectivity index (χ1n) is 6.79. The molecule has 0 saturated carbocycles. The van der Waals surface area contributed by atoms with Crippen molar-refractivity contribution in [2.45, 2.75) is 6.92 Å².